The van der Waals surface area contributed by atoms with Crippen LogP contribution >= 0.6 is 0 Å². The van der Waals surface area contributed by atoms with Crippen molar-refractivity contribution in [3.05, 3.63) is 28.8 Å². The summed E-state index contributed by atoms with van der Waals surface area (Å²) in [7, 11) is 0. The van der Waals surface area contributed by atoms with Crippen LogP contribution < -0.4 is 5.73 Å². The fourth-order valence-electron chi connectivity index (χ4n) is 1.84. The van der Waals surface area contributed by atoms with Gasteiger partial charge in [0.05, 0.1) is 5.56 Å². The van der Waals surface area contributed by atoms with Crippen molar-refractivity contribution in [1.29, 1.82) is 0 Å². The number of unbranched alkanes of at least 4 members (excludes halogenated alkanes) is 1. The third-order valence-electron chi connectivity index (χ3n) is 2.76. The van der Waals surface area contributed by atoms with Gasteiger partial charge in [-0.2, -0.15) is 0 Å². The number of rotatable bonds is 6. The van der Waals surface area contributed by atoms with E-state index in [2.05, 4.69) is 0 Å². The molecule has 0 aromatic heterocycles. The number of phenolic OH excluding ortho intramolecular Hbond substituents is 1. The summed E-state index contributed by atoms with van der Waals surface area (Å²) in [6.07, 6.45) is 2.80. The molecule has 1 aromatic carbocycles. The highest BCUT2D eigenvalue weighted by molar-refractivity contribution is 5.80. The Kier molecular flexibility index (Phi) is 5.12. The molecule has 1 aromatic rings. The molecule has 4 N–H and O–H groups in total. The van der Waals surface area contributed by atoms with Gasteiger partial charge in [-0.15, -0.1) is 0 Å². The number of hydrogen-bond donors (Lipinski definition) is 3. The fourth-order valence-corrected chi connectivity index (χ4v) is 1.84. The summed E-state index contributed by atoms with van der Waals surface area (Å²) < 4.78 is 0. The first-order chi connectivity index (χ1) is 8.10. The number of aryl methyl sites for hydroxylation is 1. The maximum atomic E-state index is 10.8. The number of aliphatic hydroxyl groups is 1. The lowest BCUT2D eigenvalue weighted by Crippen LogP contribution is -2.11. The van der Waals surface area contributed by atoms with Crippen molar-refractivity contribution >= 4 is 6.29 Å². The Bertz CT molecular complexity index is 390. The third-order valence-corrected chi connectivity index (χ3v) is 2.76. The van der Waals surface area contributed by atoms with E-state index >= 15 is 0 Å². The van der Waals surface area contributed by atoms with Gasteiger partial charge in [-0.1, -0.05) is 6.07 Å². The minimum Gasteiger partial charge on any atom is -0.507 e. The van der Waals surface area contributed by atoms with Crippen LogP contribution in [-0.4, -0.2) is 23.1 Å². The van der Waals surface area contributed by atoms with E-state index in [4.69, 9.17) is 10.8 Å². The number of aromatic hydroxyl groups is 1. The van der Waals surface area contributed by atoms with Gasteiger partial charge in [0.25, 0.3) is 0 Å². The van der Waals surface area contributed by atoms with Crippen LogP contribution in [0.15, 0.2) is 12.1 Å². The van der Waals surface area contributed by atoms with Crippen LogP contribution in [0, 0.1) is 6.92 Å². The van der Waals surface area contributed by atoms with Crippen molar-refractivity contribution in [1.82, 2.24) is 0 Å². The standard InChI is InChI=1S/C13H19NO3/c1-9-6-10(8-16)13(17)11(7-9)12(14)4-2-3-5-15/h6-8,12,15,17H,2-5,14H2,1H3/t12-/m0/s1. The quantitative estimate of drug-likeness (QED) is 0.519. The van der Waals surface area contributed by atoms with Crippen molar-refractivity contribution in [2.24, 2.45) is 5.73 Å². The highest BCUT2D eigenvalue weighted by Crippen LogP contribution is 2.29. The van der Waals surface area contributed by atoms with Crippen molar-refractivity contribution in [2.45, 2.75) is 32.2 Å². The third kappa shape index (κ3) is 3.54. The van der Waals surface area contributed by atoms with Gasteiger partial charge in [0, 0.05) is 18.2 Å². The zero-order chi connectivity index (χ0) is 12.8. The lowest BCUT2D eigenvalue weighted by atomic mass is 9.96. The van der Waals surface area contributed by atoms with E-state index in [1.807, 2.05) is 6.92 Å². The average molecular weight is 237 g/mol. The minimum absolute atomic E-state index is 0.0258. The van der Waals surface area contributed by atoms with Gasteiger partial charge in [0.1, 0.15) is 5.75 Å². The fraction of sp³-hybridized carbons (Fsp3) is 0.462. The predicted octanol–water partition coefficient (Wildman–Crippen LogP) is 1.68. The topological polar surface area (TPSA) is 83.5 Å². The summed E-state index contributed by atoms with van der Waals surface area (Å²) in [5.41, 5.74) is 7.75. The van der Waals surface area contributed by atoms with Crippen LogP contribution in [0.25, 0.3) is 0 Å². The molecule has 0 heterocycles. The summed E-state index contributed by atoms with van der Waals surface area (Å²) >= 11 is 0. The molecule has 0 aliphatic carbocycles. The molecule has 0 unspecified atom stereocenters. The molecule has 0 amide bonds. The molecule has 94 valence electrons. The van der Waals surface area contributed by atoms with Crippen molar-refractivity contribution < 1.29 is 15.0 Å². The summed E-state index contributed by atoms with van der Waals surface area (Å²) in [5, 5.41) is 18.6. The zero-order valence-corrected chi connectivity index (χ0v) is 10.0. The number of hydrogen-bond acceptors (Lipinski definition) is 4. The van der Waals surface area contributed by atoms with Crippen LogP contribution in [-0.2, 0) is 0 Å². The van der Waals surface area contributed by atoms with E-state index in [-0.39, 0.29) is 24.0 Å². The molecule has 4 heteroatoms. The monoisotopic (exact) mass is 237 g/mol. The van der Waals surface area contributed by atoms with Gasteiger partial charge < -0.3 is 15.9 Å². The summed E-state index contributed by atoms with van der Waals surface area (Å²) in [5.74, 6) is -0.0258. The van der Waals surface area contributed by atoms with Gasteiger partial charge in [-0.25, -0.2) is 0 Å². The number of carbonyl (C=O) groups is 1. The number of carbonyl (C=O) groups excluding carboxylic acids is 1. The van der Waals surface area contributed by atoms with Crippen LogP contribution in [0.3, 0.4) is 0 Å². The average Bonchev–Trinajstić information content (AvgIpc) is 2.31. The molecule has 0 spiro atoms. The second-order valence-corrected chi connectivity index (χ2v) is 4.24. The first kappa shape index (κ1) is 13.7. The summed E-state index contributed by atoms with van der Waals surface area (Å²) in [6, 6.07) is 3.12. The number of nitrogens with two attached hydrogens (primary N) is 1. The van der Waals surface area contributed by atoms with Crippen LogP contribution in [0.1, 0.15) is 46.8 Å². The molecule has 0 bridgehead atoms. The van der Waals surface area contributed by atoms with E-state index in [1.165, 1.54) is 0 Å². The Morgan fingerprint density at radius 1 is 1.41 bits per heavy atom. The van der Waals surface area contributed by atoms with Crippen LogP contribution in [0.2, 0.25) is 0 Å². The molecule has 0 radical (unpaired) electrons. The van der Waals surface area contributed by atoms with E-state index in [1.54, 1.807) is 12.1 Å². The molecule has 0 saturated carbocycles. The maximum Gasteiger partial charge on any atom is 0.153 e. The second-order valence-electron chi connectivity index (χ2n) is 4.24. The van der Waals surface area contributed by atoms with Crippen molar-refractivity contribution in [3.8, 4) is 5.75 Å². The molecule has 0 fully saturated rings. The Hall–Kier alpha value is -1.39. The molecular weight excluding hydrogens is 218 g/mol. The molecule has 0 aliphatic heterocycles. The van der Waals surface area contributed by atoms with Gasteiger partial charge in [-0.3, -0.25) is 4.79 Å². The van der Waals surface area contributed by atoms with Gasteiger partial charge in [-0.05, 0) is 37.8 Å². The zero-order valence-electron chi connectivity index (χ0n) is 10.0. The molecule has 1 rings (SSSR count). The van der Waals surface area contributed by atoms with Crippen LogP contribution in [0.4, 0.5) is 0 Å². The Morgan fingerprint density at radius 2 is 2.12 bits per heavy atom. The van der Waals surface area contributed by atoms with Gasteiger partial charge in [0.2, 0.25) is 0 Å². The normalized spacial score (nSPS) is 12.4. The van der Waals surface area contributed by atoms with E-state index < -0.39 is 0 Å². The van der Waals surface area contributed by atoms with Gasteiger partial charge in [0.15, 0.2) is 6.29 Å². The minimum atomic E-state index is -0.305. The Balaban J connectivity index is 2.88. The van der Waals surface area contributed by atoms with E-state index in [0.29, 0.717) is 24.7 Å². The number of phenols is 1. The predicted molar refractivity (Wildman–Crippen MR) is 66.1 cm³/mol. The molecular formula is C13H19NO3. The van der Waals surface area contributed by atoms with Crippen molar-refractivity contribution in [2.75, 3.05) is 6.61 Å². The number of aldehydes is 1. The number of aliphatic hydroxyl groups excluding tert-OH is 1. The summed E-state index contributed by atoms with van der Waals surface area (Å²) in [4.78, 5) is 10.8. The molecule has 0 aliphatic rings. The Labute approximate surface area is 101 Å². The first-order valence-electron chi connectivity index (χ1n) is 5.75. The highest BCUT2D eigenvalue weighted by Gasteiger charge is 2.14. The SMILES string of the molecule is Cc1cc(C=O)c(O)c([C@@H](N)CCCCO)c1. The second kappa shape index (κ2) is 6.37. The molecule has 17 heavy (non-hydrogen) atoms. The largest absolute Gasteiger partial charge is 0.507 e. The van der Waals surface area contributed by atoms with Gasteiger partial charge >= 0.3 is 0 Å². The van der Waals surface area contributed by atoms with E-state index in [9.17, 15) is 9.90 Å². The molecule has 1 atom stereocenters. The highest BCUT2D eigenvalue weighted by atomic mass is 16.3. The first-order valence-corrected chi connectivity index (χ1v) is 5.75. The molecule has 0 saturated heterocycles. The number of benzene rings is 1. The lowest BCUT2D eigenvalue weighted by molar-refractivity contribution is 0.112. The summed E-state index contributed by atoms with van der Waals surface area (Å²) in [6.45, 7) is 2.00. The van der Waals surface area contributed by atoms with E-state index in [0.717, 1.165) is 12.0 Å². The maximum absolute atomic E-state index is 10.8. The lowest BCUT2D eigenvalue weighted by Gasteiger charge is -2.15. The molecule has 4 nitrogen and oxygen atoms in total. The Morgan fingerprint density at radius 3 is 2.71 bits per heavy atom. The smallest absolute Gasteiger partial charge is 0.153 e. The van der Waals surface area contributed by atoms with Crippen LogP contribution in [0.5, 0.6) is 5.75 Å². The van der Waals surface area contributed by atoms with Crippen molar-refractivity contribution in [3.63, 3.8) is 0 Å².